The highest BCUT2D eigenvalue weighted by molar-refractivity contribution is 7.89. The topological polar surface area (TPSA) is 83.7 Å². The van der Waals surface area contributed by atoms with Crippen molar-refractivity contribution in [3.63, 3.8) is 0 Å². The van der Waals surface area contributed by atoms with Crippen LogP contribution in [-0.4, -0.2) is 54.7 Å². The predicted molar refractivity (Wildman–Crippen MR) is 104 cm³/mol. The van der Waals surface area contributed by atoms with Crippen LogP contribution in [0.3, 0.4) is 0 Å². The summed E-state index contributed by atoms with van der Waals surface area (Å²) in [5.41, 5.74) is 1.44. The Morgan fingerprint density at radius 3 is 2.55 bits per heavy atom. The molecule has 4 rings (SSSR count). The molecule has 2 aromatic carbocycles. The molecule has 0 spiro atoms. The second-order valence-corrected chi connectivity index (χ2v) is 8.76. The Kier molecular flexibility index (Phi) is 5.33. The van der Waals surface area contributed by atoms with E-state index in [-0.39, 0.29) is 30.3 Å². The number of amides is 1. The Labute approximate surface area is 167 Å². The molecule has 0 atom stereocenters. The van der Waals surface area contributed by atoms with Gasteiger partial charge in [0.05, 0.1) is 4.90 Å². The van der Waals surface area contributed by atoms with Gasteiger partial charge in [-0.15, -0.1) is 0 Å². The molecule has 0 radical (unpaired) electrons. The quantitative estimate of drug-likeness (QED) is 0.637. The van der Waals surface area contributed by atoms with Gasteiger partial charge in [0.25, 0.3) is 0 Å². The first-order chi connectivity index (χ1) is 13.9. The number of hydrogen-bond acceptors (Lipinski definition) is 5. The number of halogens is 1. The fraction of sp³-hybridized carbons (Fsp3) is 0.300. The van der Waals surface area contributed by atoms with E-state index in [0.29, 0.717) is 31.0 Å². The molecule has 0 saturated carbocycles. The van der Waals surface area contributed by atoms with Gasteiger partial charge >= 0.3 is 0 Å². The monoisotopic (exact) mass is 417 g/mol. The third kappa shape index (κ3) is 4.15. The number of carbonyl (C=O) groups is 1. The molecule has 9 heteroatoms. The molecule has 0 unspecified atom stereocenters. The Hall–Kier alpha value is -2.78. The van der Waals surface area contributed by atoms with Crippen molar-refractivity contribution in [1.29, 1.82) is 0 Å². The van der Waals surface area contributed by atoms with E-state index in [1.807, 2.05) is 24.3 Å². The lowest BCUT2D eigenvalue weighted by Gasteiger charge is -2.34. The summed E-state index contributed by atoms with van der Waals surface area (Å²) in [7, 11) is -3.77. The molecule has 29 heavy (non-hydrogen) atoms. The minimum atomic E-state index is -3.77. The number of carbonyl (C=O) groups excluding carboxylic acids is 1. The minimum absolute atomic E-state index is 0.0740. The normalized spacial score (nSPS) is 15.7. The maximum absolute atomic E-state index is 13.4. The summed E-state index contributed by atoms with van der Waals surface area (Å²) in [5, 5.41) is 0. The van der Waals surface area contributed by atoms with Gasteiger partial charge in [-0.25, -0.2) is 17.8 Å². The van der Waals surface area contributed by atoms with Gasteiger partial charge in [0.15, 0.2) is 11.5 Å². The van der Waals surface area contributed by atoms with Crippen LogP contribution in [0.25, 0.3) is 11.1 Å². The fourth-order valence-corrected chi connectivity index (χ4v) is 4.81. The van der Waals surface area contributed by atoms with Crippen LogP contribution in [0.5, 0.6) is 0 Å². The van der Waals surface area contributed by atoms with E-state index in [1.54, 1.807) is 4.90 Å². The number of piperazine rings is 1. The molecule has 0 aliphatic carbocycles. The first-order valence-electron chi connectivity index (χ1n) is 9.31. The van der Waals surface area contributed by atoms with Crippen LogP contribution in [0.4, 0.5) is 4.39 Å². The molecule has 7 nitrogen and oxygen atoms in total. The van der Waals surface area contributed by atoms with Gasteiger partial charge < -0.3 is 9.32 Å². The zero-order valence-corrected chi connectivity index (χ0v) is 16.4. The molecule has 0 N–H and O–H groups in total. The van der Waals surface area contributed by atoms with E-state index >= 15 is 0 Å². The summed E-state index contributed by atoms with van der Waals surface area (Å²) >= 11 is 0. The van der Waals surface area contributed by atoms with E-state index in [4.69, 9.17) is 4.42 Å². The number of benzene rings is 2. The van der Waals surface area contributed by atoms with E-state index in [1.165, 1.54) is 22.5 Å². The molecule has 1 aliphatic heterocycles. The van der Waals surface area contributed by atoms with Gasteiger partial charge in [-0.3, -0.25) is 4.79 Å². The SMILES string of the molecule is O=C(CCc1nc2ccccc2o1)N1CCN(S(=O)(=O)c2cccc(F)c2)CC1. The number of fused-ring (bicyclic) bond motifs is 1. The average molecular weight is 417 g/mol. The van der Waals surface area contributed by atoms with Crippen molar-refractivity contribution in [2.45, 2.75) is 17.7 Å². The van der Waals surface area contributed by atoms with Crippen LogP contribution in [0, 0.1) is 5.82 Å². The lowest BCUT2D eigenvalue weighted by molar-refractivity contribution is -0.132. The molecule has 152 valence electrons. The number of para-hydroxylation sites is 2. The van der Waals surface area contributed by atoms with Crippen LogP contribution >= 0.6 is 0 Å². The van der Waals surface area contributed by atoms with E-state index in [2.05, 4.69) is 4.98 Å². The summed E-state index contributed by atoms with van der Waals surface area (Å²) < 4.78 is 45.6. The number of sulfonamides is 1. The van der Waals surface area contributed by atoms with Crippen molar-refractivity contribution in [2.24, 2.45) is 0 Å². The summed E-state index contributed by atoms with van der Waals surface area (Å²) in [5.74, 6) is -0.166. The summed E-state index contributed by atoms with van der Waals surface area (Å²) in [4.78, 5) is 18.4. The van der Waals surface area contributed by atoms with Crippen LogP contribution in [0.1, 0.15) is 12.3 Å². The number of nitrogens with zero attached hydrogens (tertiary/aromatic N) is 3. The third-order valence-electron chi connectivity index (χ3n) is 4.92. The molecule has 1 aliphatic rings. The van der Waals surface area contributed by atoms with Gasteiger partial charge in [0.2, 0.25) is 15.9 Å². The molecule has 1 amide bonds. The zero-order chi connectivity index (χ0) is 20.4. The molecule has 1 saturated heterocycles. The summed E-state index contributed by atoms with van der Waals surface area (Å²) in [6.07, 6.45) is 0.624. The maximum Gasteiger partial charge on any atom is 0.243 e. The number of oxazole rings is 1. The molecular weight excluding hydrogens is 397 g/mol. The van der Waals surface area contributed by atoms with E-state index < -0.39 is 15.8 Å². The Bertz CT molecular complexity index is 1100. The predicted octanol–water partition coefficient (Wildman–Crippen LogP) is 2.43. The van der Waals surface area contributed by atoms with Gasteiger partial charge in [-0.1, -0.05) is 18.2 Å². The Morgan fingerprint density at radius 1 is 1.07 bits per heavy atom. The van der Waals surface area contributed by atoms with Crippen molar-refractivity contribution >= 4 is 27.0 Å². The largest absolute Gasteiger partial charge is 0.441 e. The third-order valence-corrected chi connectivity index (χ3v) is 6.81. The number of aromatic nitrogens is 1. The average Bonchev–Trinajstić information content (AvgIpc) is 3.15. The van der Waals surface area contributed by atoms with Crippen LogP contribution in [0.2, 0.25) is 0 Å². The number of rotatable bonds is 5. The smallest absolute Gasteiger partial charge is 0.243 e. The van der Waals surface area contributed by atoms with Crippen molar-refractivity contribution in [3.05, 3.63) is 60.2 Å². The molecule has 1 aromatic heterocycles. The van der Waals surface area contributed by atoms with Crippen LogP contribution in [0.15, 0.2) is 57.8 Å². The van der Waals surface area contributed by atoms with Gasteiger partial charge in [0, 0.05) is 39.0 Å². The van der Waals surface area contributed by atoms with E-state index in [0.717, 1.165) is 11.6 Å². The summed E-state index contributed by atoms with van der Waals surface area (Å²) in [6.45, 7) is 0.933. The first-order valence-corrected chi connectivity index (χ1v) is 10.8. The van der Waals surface area contributed by atoms with Crippen LogP contribution in [-0.2, 0) is 21.2 Å². The molecule has 0 bridgehead atoms. The number of hydrogen-bond donors (Lipinski definition) is 0. The lowest BCUT2D eigenvalue weighted by Crippen LogP contribution is -2.50. The lowest BCUT2D eigenvalue weighted by atomic mass is 10.2. The van der Waals surface area contributed by atoms with Crippen molar-refractivity contribution in [2.75, 3.05) is 26.2 Å². The fourth-order valence-electron chi connectivity index (χ4n) is 3.35. The highest BCUT2D eigenvalue weighted by Gasteiger charge is 2.30. The molecule has 2 heterocycles. The standard InChI is InChI=1S/C20H20FN3O4S/c21-15-4-3-5-16(14-15)29(26,27)24-12-10-23(11-13-24)20(25)9-8-19-22-17-6-1-2-7-18(17)28-19/h1-7,14H,8-13H2. The van der Waals surface area contributed by atoms with Crippen LogP contribution < -0.4 is 0 Å². The van der Waals surface area contributed by atoms with E-state index in [9.17, 15) is 17.6 Å². The summed E-state index contributed by atoms with van der Waals surface area (Å²) in [6, 6.07) is 12.4. The minimum Gasteiger partial charge on any atom is -0.441 e. The van der Waals surface area contributed by atoms with Gasteiger partial charge in [-0.05, 0) is 30.3 Å². The zero-order valence-electron chi connectivity index (χ0n) is 15.6. The molecule has 3 aromatic rings. The maximum atomic E-state index is 13.4. The van der Waals surface area contributed by atoms with Gasteiger partial charge in [0.1, 0.15) is 11.3 Å². The van der Waals surface area contributed by atoms with Crippen molar-refractivity contribution in [3.8, 4) is 0 Å². The van der Waals surface area contributed by atoms with Crippen molar-refractivity contribution in [1.82, 2.24) is 14.2 Å². The van der Waals surface area contributed by atoms with Crippen molar-refractivity contribution < 1.29 is 22.0 Å². The second kappa shape index (κ2) is 7.92. The molecule has 1 fully saturated rings. The Balaban J connectivity index is 1.33. The first kappa shape index (κ1) is 19.5. The highest BCUT2D eigenvalue weighted by Crippen LogP contribution is 2.19. The van der Waals surface area contributed by atoms with Gasteiger partial charge in [-0.2, -0.15) is 4.31 Å². The Morgan fingerprint density at radius 2 is 1.83 bits per heavy atom. The number of aryl methyl sites for hydroxylation is 1. The second-order valence-electron chi connectivity index (χ2n) is 6.82. The molecular formula is C20H20FN3O4S. The highest BCUT2D eigenvalue weighted by atomic mass is 32.2.